The van der Waals surface area contributed by atoms with Crippen molar-refractivity contribution in [3.8, 4) is 11.5 Å². The molecule has 2 aromatic carbocycles. The molecule has 0 saturated heterocycles. The van der Waals surface area contributed by atoms with Crippen LogP contribution in [0.4, 0.5) is 0 Å². The summed E-state index contributed by atoms with van der Waals surface area (Å²) in [5.41, 5.74) is 4.07. The normalized spacial score (nSPS) is 10.6. The monoisotopic (exact) mass is 402 g/mol. The first kappa shape index (κ1) is 18.8. The number of rotatable bonds is 5. The Balaban J connectivity index is 1.30. The van der Waals surface area contributed by atoms with Crippen LogP contribution in [-0.4, -0.2) is 21.0 Å². The Labute approximate surface area is 173 Å². The zero-order chi connectivity index (χ0) is 20.1. The van der Waals surface area contributed by atoms with Crippen molar-refractivity contribution >= 4 is 34.5 Å². The van der Waals surface area contributed by atoms with Crippen LogP contribution in [-0.2, 0) is 17.8 Å². The second-order valence-electron chi connectivity index (χ2n) is 6.43. The number of thiocarbonyl (C=S) groups is 1. The summed E-state index contributed by atoms with van der Waals surface area (Å²) >= 11 is 5.21. The predicted octanol–water partition coefficient (Wildman–Crippen LogP) is 3.62. The third kappa shape index (κ3) is 4.83. The molecule has 0 unspecified atom stereocenters. The van der Waals surface area contributed by atoms with Gasteiger partial charge in [0.25, 0.3) is 0 Å². The summed E-state index contributed by atoms with van der Waals surface area (Å²) in [4.78, 5) is 20.6. The Morgan fingerprint density at radius 1 is 0.966 bits per heavy atom. The Hall–Kier alpha value is -3.58. The lowest BCUT2D eigenvalue weighted by molar-refractivity contribution is -0.119. The number of oxazole rings is 1. The number of carbonyl (C=O) groups is 1. The van der Waals surface area contributed by atoms with Crippen LogP contribution in [0.15, 0.2) is 77.3 Å². The van der Waals surface area contributed by atoms with Crippen LogP contribution < -0.4 is 10.6 Å². The van der Waals surface area contributed by atoms with Crippen molar-refractivity contribution in [2.45, 2.75) is 13.0 Å². The van der Waals surface area contributed by atoms with E-state index < -0.39 is 0 Å². The van der Waals surface area contributed by atoms with Crippen LogP contribution in [0.25, 0.3) is 22.7 Å². The van der Waals surface area contributed by atoms with Crippen LogP contribution in [0.1, 0.15) is 11.1 Å². The molecule has 4 rings (SSSR count). The van der Waals surface area contributed by atoms with Crippen molar-refractivity contribution in [2.75, 3.05) is 0 Å². The van der Waals surface area contributed by atoms with E-state index in [1.807, 2.05) is 66.7 Å². The molecule has 29 heavy (non-hydrogen) atoms. The molecule has 0 atom stereocenters. The van der Waals surface area contributed by atoms with Gasteiger partial charge in [0.1, 0.15) is 0 Å². The van der Waals surface area contributed by atoms with Crippen molar-refractivity contribution in [2.24, 2.45) is 0 Å². The van der Waals surface area contributed by atoms with E-state index >= 15 is 0 Å². The van der Waals surface area contributed by atoms with E-state index in [9.17, 15) is 4.79 Å². The fourth-order valence-electron chi connectivity index (χ4n) is 2.84. The van der Waals surface area contributed by atoms with Gasteiger partial charge in [0, 0.05) is 18.3 Å². The maximum absolute atomic E-state index is 12.0. The SMILES string of the molecule is O=C(Cc1ccccc1)NC(=S)NCc1ccc(-c2nc3ncccc3o2)cc1. The highest BCUT2D eigenvalue weighted by Gasteiger charge is 2.09. The van der Waals surface area contributed by atoms with E-state index in [-0.39, 0.29) is 12.3 Å². The first-order valence-corrected chi connectivity index (χ1v) is 9.51. The molecule has 1 amide bonds. The lowest BCUT2D eigenvalue weighted by Gasteiger charge is -2.10. The van der Waals surface area contributed by atoms with Crippen molar-refractivity contribution < 1.29 is 9.21 Å². The van der Waals surface area contributed by atoms with E-state index in [0.29, 0.717) is 28.8 Å². The van der Waals surface area contributed by atoms with Gasteiger partial charge in [-0.25, -0.2) is 4.98 Å². The maximum atomic E-state index is 12.0. The smallest absolute Gasteiger partial charge is 0.230 e. The third-order valence-corrected chi connectivity index (χ3v) is 4.53. The zero-order valence-electron chi connectivity index (χ0n) is 15.5. The first-order valence-electron chi connectivity index (χ1n) is 9.10. The summed E-state index contributed by atoms with van der Waals surface area (Å²) in [7, 11) is 0. The first-order chi connectivity index (χ1) is 14.2. The van der Waals surface area contributed by atoms with E-state index in [1.165, 1.54) is 0 Å². The summed E-state index contributed by atoms with van der Waals surface area (Å²) in [6, 6.07) is 21.0. The Morgan fingerprint density at radius 3 is 2.52 bits per heavy atom. The highest BCUT2D eigenvalue weighted by molar-refractivity contribution is 7.80. The summed E-state index contributed by atoms with van der Waals surface area (Å²) < 4.78 is 5.73. The number of amides is 1. The van der Waals surface area contributed by atoms with Gasteiger partial charge in [0.05, 0.1) is 6.42 Å². The molecule has 0 aliphatic heterocycles. The minimum absolute atomic E-state index is 0.145. The molecular weight excluding hydrogens is 384 g/mol. The van der Waals surface area contributed by atoms with E-state index in [2.05, 4.69) is 20.6 Å². The molecule has 2 heterocycles. The second kappa shape index (κ2) is 8.62. The topological polar surface area (TPSA) is 80.0 Å². The van der Waals surface area contributed by atoms with Gasteiger partial charge in [-0.05, 0) is 47.6 Å². The standard InChI is InChI=1S/C22H18N4O2S/c27-19(13-15-5-2-1-3-6-15)25-22(29)24-14-16-8-10-17(11-9-16)21-26-20-18(28-21)7-4-12-23-20/h1-12H,13-14H2,(H2,24,25,27,29). The maximum Gasteiger partial charge on any atom is 0.230 e. The minimum atomic E-state index is -0.145. The lowest BCUT2D eigenvalue weighted by atomic mass is 10.1. The Bertz CT molecular complexity index is 1110. The molecule has 0 bridgehead atoms. The van der Waals surface area contributed by atoms with Gasteiger partial charge in [-0.1, -0.05) is 42.5 Å². The lowest BCUT2D eigenvalue weighted by Crippen LogP contribution is -2.39. The average Bonchev–Trinajstić information content (AvgIpc) is 3.17. The van der Waals surface area contributed by atoms with Crippen LogP contribution in [0.3, 0.4) is 0 Å². The van der Waals surface area contributed by atoms with Gasteiger partial charge in [0.15, 0.2) is 16.3 Å². The van der Waals surface area contributed by atoms with Crippen molar-refractivity contribution in [1.29, 1.82) is 0 Å². The molecule has 144 valence electrons. The molecule has 0 spiro atoms. The number of fused-ring (bicyclic) bond motifs is 1. The molecule has 4 aromatic rings. The number of nitrogens with one attached hydrogen (secondary N) is 2. The summed E-state index contributed by atoms with van der Waals surface area (Å²) in [6.07, 6.45) is 1.97. The molecule has 6 nitrogen and oxygen atoms in total. The van der Waals surface area contributed by atoms with E-state index in [0.717, 1.165) is 16.7 Å². The molecule has 2 aromatic heterocycles. The molecule has 0 saturated carbocycles. The molecule has 0 aliphatic rings. The Kier molecular flexibility index (Phi) is 5.58. The van der Waals surface area contributed by atoms with Gasteiger partial charge in [-0.2, -0.15) is 4.98 Å². The Morgan fingerprint density at radius 2 is 1.76 bits per heavy atom. The molecule has 0 fully saturated rings. The van der Waals surface area contributed by atoms with Gasteiger partial charge in [0.2, 0.25) is 11.8 Å². The number of hydrogen-bond donors (Lipinski definition) is 2. The van der Waals surface area contributed by atoms with Crippen molar-refractivity contribution in [3.05, 3.63) is 84.1 Å². The predicted molar refractivity (Wildman–Crippen MR) is 115 cm³/mol. The second-order valence-corrected chi connectivity index (χ2v) is 6.84. The zero-order valence-corrected chi connectivity index (χ0v) is 16.3. The van der Waals surface area contributed by atoms with E-state index in [1.54, 1.807) is 6.20 Å². The third-order valence-electron chi connectivity index (χ3n) is 4.28. The molecule has 7 heteroatoms. The van der Waals surface area contributed by atoms with Crippen molar-refractivity contribution in [1.82, 2.24) is 20.6 Å². The average molecular weight is 402 g/mol. The van der Waals surface area contributed by atoms with Crippen LogP contribution in [0.2, 0.25) is 0 Å². The number of carbonyl (C=O) groups excluding carboxylic acids is 1. The van der Waals surface area contributed by atoms with Crippen LogP contribution in [0, 0.1) is 0 Å². The highest BCUT2D eigenvalue weighted by Crippen LogP contribution is 2.23. The molecule has 2 N–H and O–H groups in total. The van der Waals surface area contributed by atoms with Crippen molar-refractivity contribution in [3.63, 3.8) is 0 Å². The fraction of sp³-hybridized carbons (Fsp3) is 0.0909. The summed E-state index contributed by atoms with van der Waals surface area (Å²) in [5, 5.41) is 6.05. The molecular formula is C22H18N4O2S. The van der Waals surface area contributed by atoms with Gasteiger partial charge >= 0.3 is 0 Å². The van der Waals surface area contributed by atoms with E-state index in [4.69, 9.17) is 16.6 Å². The number of aromatic nitrogens is 2. The van der Waals surface area contributed by atoms with Gasteiger partial charge in [-0.15, -0.1) is 0 Å². The summed E-state index contributed by atoms with van der Waals surface area (Å²) in [5.74, 6) is 0.385. The fourth-order valence-corrected chi connectivity index (χ4v) is 3.02. The number of benzene rings is 2. The largest absolute Gasteiger partial charge is 0.434 e. The van der Waals surface area contributed by atoms with Gasteiger partial charge in [-0.3, -0.25) is 4.79 Å². The molecule has 0 aliphatic carbocycles. The van der Waals surface area contributed by atoms with Crippen LogP contribution >= 0.6 is 12.2 Å². The quantitative estimate of drug-likeness (QED) is 0.496. The number of pyridine rings is 1. The molecule has 0 radical (unpaired) electrons. The summed E-state index contributed by atoms with van der Waals surface area (Å²) in [6.45, 7) is 0.500. The number of hydrogen-bond acceptors (Lipinski definition) is 5. The highest BCUT2D eigenvalue weighted by atomic mass is 32.1. The van der Waals surface area contributed by atoms with Gasteiger partial charge < -0.3 is 15.1 Å². The minimum Gasteiger partial charge on any atom is -0.434 e. The van der Waals surface area contributed by atoms with Crippen LogP contribution in [0.5, 0.6) is 0 Å². The number of nitrogens with zero attached hydrogens (tertiary/aromatic N) is 2.